The third kappa shape index (κ3) is 1.49. The van der Waals surface area contributed by atoms with Gasteiger partial charge >= 0.3 is 5.97 Å². The number of ether oxygens (including phenoxy) is 1. The predicted molar refractivity (Wildman–Crippen MR) is 66.0 cm³/mol. The number of carbonyl (C=O) groups is 1. The van der Waals surface area contributed by atoms with E-state index in [2.05, 4.69) is 10.3 Å². The maximum absolute atomic E-state index is 11.3. The largest absolute Gasteiger partial charge is 0.478 e. The van der Waals surface area contributed by atoms with E-state index < -0.39 is 5.97 Å². The zero-order chi connectivity index (χ0) is 13.0. The first-order valence-electron chi connectivity index (χ1n) is 6.46. The first-order chi connectivity index (χ1) is 9.24. The number of aromatic carboxylic acids is 1. The summed E-state index contributed by atoms with van der Waals surface area (Å²) in [6, 6.07) is 5.20. The van der Waals surface area contributed by atoms with E-state index in [0.717, 1.165) is 19.3 Å². The van der Waals surface area contributed by atoms with E-state index in [1.165, 1.54) is 0 Å². The number of fused-ring (bicyclic) bond motifs is 3. The highest BCUT2D eigenvalue weighted by Gasteiger charge is 2.43. The van der Waals surface area contributed by atoms with Gasteiger partial charge in [-0.25, -0.2) is 9.48 Å². The smallest absolute Gasteiger partial charge is 0.337 e. The van der Waals surface area contributed by atoms with Crippen molar-refractivity contribution in [2.24, 2.45) is 0 Å². The molecule has 2 aromatic rings. The van der Waals surface area contributed by atoms with Crippen LogP contribution < -0.4 is 0 Å². The average Bonchev–Trinajstić information content (AvgIpc) is 3.11. The van der Waals surface area contributed by atoms with E-state index in [4.69, 9.17) is 4.74 Å². The van der Waals surface area contributed by atoms with E-state index in [1.807, 2.05) is 0 Å². The van der Waals surface area contributed by atoms with Crippen LogP contribution in [0.3, 0.4) is 0 Å². The van der Waals surface area contributed by atoms with Gasteiger partial charge in [-0.05, 0) is 31.4 Å². The number of hydrogen-bond donors (Lipinski definition) is 1. The van der Waals surface area contributed by atoms with E-state index in [0.29, 0.717) is 17.1 Å². The second-order valence-electron chi connectivity index (χ2n) is 5.19. The summed E-state index contributed by atoms with van der Waals surface area (Å²) < 4.78 is 7.57. The molecule has 3 unspecified atom stereocenters. The number of benzene rings is 1. The fourth-order valence-corrected chi connectivity index (χ4v) is 3.27. The Bertz CT molecular complexity index is 666. The van der Waals surface area contributed by atoms with Crippen LogP contribution in [0.15, 0.2) is 18.2 Å². The Hall–Kier alpha value is -1.95. The van der Waals surface area contributed by atoms with Crippen molar-refractivity contribution in [1.82, 2.24) is 15.0 Å². The maximum atomic E-state index is 11.3. The molecule has 19 heavy (non-hydrogen) atoms. The van der Waals surface area contributed by atoms with Crippen molar-refractivity contribution in [3.8, 4) is 0 Å². The molecule has 2 bridgehead atoms. The standard InChI is InChI=1S/C13H13N3O3/c17-13(18)8-2-1-3-9-12(8)16(15-14-9)10-6-7-4-5-11(10)19-7/h1-3,7,10-11H,4-6H2,(H,17,18). The molecule has 0 radical (unpaired) electrons. The Morgan fingerprint density at radius 3 is 3.00 bits per heavy atom. The van der Waals surface area contributed by atoms with Gasteiger partial charge in [-0.1, -0.05) is 11.3 Å². The molecule has 1 aromatic carbocycles. The Morgan fingerprint density at radius 2 is 2.32 bits per heavy atom. The molecule has 98 valence electrons. The number of aromatic nitrogens is 3. The van der Waals surface area contributed by atoms with Gasteiger partial charge < -0.3 is 9.84 Å². The fraction of sp³-hybridized carbons (Fsp3) is 0.462. The number of carboxylic acids is 1. The Morgan fingerprint density at radius 1 is 1.42 bits per heavy atom. The van der Waals surface area contributed by atoms with Gasteiger partial charge in [0, 0.05) is 0 Å². The van der Waals surface area contributed by atoms with Crippen molar-refractivity contribution >= 4 is 17.0 Å². The lowest BCUT2D eigenvalue weighted by Gasteiger charge is -2.19. The zero-order valence-electron chi connectivity index (χ0n) is 10.2. The highest BCUT2D eigenvalue weighted by molar-refractivity contribution is 6.00. The third-order valence-electron chi connectivity index (χ3n) is 4.11. The number of hydrogen-bond acceptors (Lipinski definition) is 4. The summed E-state index contributed by atoms with van der Waals surface area (Å²) in [5.74, 6) is -0.946. The van der Waals surface area contributed by atoms with Crippen LogP contribution >= 0.6 is 0 Å². The van der Waals surface area contributed by atoms with Gasteiger partial charge in [0.1, 0.15) is 11.0 Å². The lowest BCUT2D eigenvalue weighted by Crippen LogP contribution is -2.22. The molecule has 1 aromatic heterocycles. The summed E-state index contributed by atoms with van der Waals surface area (Å²) in [7, 11) is 0. The van der Waals surface area contributed by atoms with Crippen molar-refractivity contribution in [1.29, 1.82) is 0 Å². The molecule has 6 heteroatoms. The molecule has 3 atom stereocenters. The first kappa shape index (κ1) is 10.9. The topological polar surface area (TPSA) is 77.2 Å². The summed E-state index contributed by atoms with van der Waals surface area (Å²) in [6.07, 6.45) is 3.46. The summed E-state index contributed by atoms with van der Waals surface area (Å²) in [6.45, 7) is 0. The number of carboxylic acid groups (broad SMARTS) is 1. The molecule has 3 heterocycles. The van der Waals surface area contributed by atoms with E-state index in [1.54, 1.807) is 22.9 Å². The number of rotatable bonds is 2. The molecule has 1 N–H and O–H groups in total. The Balaban J connectivity index is 1.88. The molecule has 6 nitrogen and oxygen atoms in total. The highest BCUT2D eigenvalue weighted by atomic mass is 16.5. The normalized spacial score (nSPS) is 29.2. The van der Waals surface area contributed by atoms with Crippen LogP contribution in [-0.4, -0.2) is 38.3 Å². The highest BCUT2D eigenvalue weighted by Crippen LogP contribution is 2.42. The Labute approximate surface area is 109 Å². The molecular weight excluding hydrogens is 246 g/mol. The quantitative estimate of drug-likeness (QED) is 0.886. The molecule has 0 amide bonds. The van der Waals surface area contributed by atoms with Crippen molar-refractivity contribution < 1.29 is 14.6 Å². The minimum Gasteiger partial charge on any atom is -0.478 e. The van der Waals surface area contributed by atoms with Crippen LogP contribution in [0, 0.1) is 0 Å². The molecule has 4 rings (SSSR count). The molecule has 2 aliphatic rings. The average molecular weight is 259 g/mol. The van der Waals surface area contributed by atoms with Gasteiger partial charge in [0.2, 0.25) is 0 Å². The second kappa shape index (κ2) is 3.77. The van der Waals surface area contributed by atoms with Gasteiger partial charge in [-0.15, -0.1) is 5.10 Å². The maximum Gasteiger partial charge on any atom is 0.337 e. The van der Waals surface area contributed by atoms with Crippen LogP contribution in [-0.2, 0) is 4.74 Å². The van der Waals surface area contributed by atoms with Crippen molar-refractivity contribution in [3.05, 3.63) is 23.8 Å². The number of para-hydroxylation sites is 1. The summed E-state index contributed by atoms with van der Waals surface area (Å²) >= 11 is 0. The second-order valence-corrected chi connectivity index (χ2v) is 5.19. The third-order valence-corrected chi connectivity index (χ3v) is 4.11. The summed E-state index contributed by atoms with van der Waals surface area (Å²) in [5, 5.41) is 17.5. The van der Waals surface area contributed by atoms with E-state index >= 15 is 0 Å². The van der Waals surface area contributed by atoms with Gasteiger partial charge in [0.15, 0.2) is 0 Å². The van der Waals surface area contributed by atoms with Crippen molar-refractivity contribution in [2.45, 2.75) is 37.5 Å². The SMILES string of the molecule is O=C(O)c1cccc2nnn(C3CC4CCC3O4)c12. The van der Waals surface area contributed by atoms with Crippen LogP contribution in [0.4, 0.5) is 0 Å². The molecular formula is C13H13N3O3. The minimum atomic E-state index is -0.946. The summed E-state index contributed by atoms with van der Waals surface area (Å²) in [4.78, 5) is 11.3. The molecule has 0 spiro atoms. The van der Waals surface area contributed by atoms with Gasteiger partial charge in [-0.3, -0.25) is 0 Å². The zero-order valence-corrected chi connectivity index (χ0v) is 10.2. The van der Waals surface area contributed by atoms with Gasteiger partial charge in [0.05, 0.1) is 23.8 Å². The van der Waals surface area contributed by atoms with Gasteiger partial charge in [0.25, 0.3) is 0 Å². The van der Waals surface area contributed by atoms with Crippen LogP contribution in [0.2, 0.25) is 0 Å². The van der Waals surface area contributed by atoms with Crippen molar-refractivity contribution in [2.75, 3.05) is 0 Å². The Kier molecular flexibility index (Phi) is 2.17. The first-order valence-corrected chi connectivity index (χ1v) is 6.46. The van der Waals surface area contributed by atoms with Crippen molar-refractivity contribution in [3.63, 3.8) is 0 Å². The van der Waals surface area contributed by atoms with Gasteiger partial charge in [-0.2, -0.15) is 0 Å². The van der Waals surface area contributed by atoms with Crippen LogP contribution in [0.1, 0.15) is 35.7 Å². The summed E-state index contributed by atoms with van der Waals surface area (Å²) in [5.41, 5.74) is 1.49. The van der Waals surface area contributed by atoms with Crippen LogP contribution in [0.25, 0.3) is 11.0 Å². The molecule has 2 saturated heterocycles. The van der Waals surface area contributed by atoms with E-state index in [-0.39, 0.29) is 17.7 Å². The van der Waals surface area contributed by atoms with Crippen LogP contribution in [0.5, 0.6) is 0 Å². The van der Waals surface area contributed by atoms with E-state index in [9.17, 15) is 9.90 Å². The molecule has 0 aliphatic carbocycles. The molecule has 2 aliphatic heterocycles. The lowest BCUT2D eigenvalue weighted by molar-refractivity contribution is 0.0697. The monoisotopic (exact) mass is 259 g/mol. The predicted octanol–water partition coefficient (Wildman–Crippen LogP) is 1.62. The fourth-order valence-electron chi connectivity index (χ4n) is 3.27. The molecule has 0 saturated carbocycles. The molecule has 2 fully saturated rings. The minimum absolute atomic E-state index is 0.115. The number of nitrogens with zero attached hydrogens (tertiary/aromatic N) is 3. The lowest BCUT2D eigenvalue weighted by atomic mass is 9.95.